The van der Waals surface area contributed by atoms with Crippen molar-refractivity contribution in [2.75, 3.05) is 6.54 Å². The number of aliphatic hydroxyl groups is 1. The maximum Gasteiger partial charge on any atom is 0.407 e. The minimum absolute atomic E-state index is 0.133. The summed E-state index contributed by atoms with van der Waals surface area (Å²) in [6, 6.07) is 2.39. The SMILES string of the molecule is CC(C)(C)OC(=O)NC1CCC(NCC(C)(O)c2ccsc2)C1. The molecule has 1 aromatic rings. The van der Waals surface area contributed by atoms with Crippen molar-refractivity contribution in [3.05, 3.63) is 22.4 Å². The number of hydrogen-bond acceptors (Lipinski definition) is 5. The van der Waals surface area contributed by atoms with E-state index in [0.29, 0.717) is 12.6 Å². The minimum Gasteiger partial charge on any atom is -0.444 e. The Balaban J connectivity index is 1.74. The van der Waals surface area contributed by atoms with Gasteiger partial charge in [0.25, 0.3) is 0 Å². The molecule has 2 rings (SSSR count). The van der Waals surface area contributed by atoms with E-state index in [4.69, 9.17) is 4.74 Å². The Morgan fingerprint density at radius 3 is 2.65 bits per heavy atom. The van der Waals surface area contributed by atoms with Gasteiger partial charge in [-0.3, -0.25) is 0 Å². The van der Waals surface area contributed by atoms with Crippen molar-refractivity contribution < 1.29 is 14.6 Å². The monoisotopic (exact) mass is 340 g/mol. The summed E-state index contributed by atoms with van der Waals surface area (Å²) in [5.74, 6) is 0. The molecule has 1 aliphatic rings. The van der Waals surface area contributed by atoms with E-state index in [2.05, 4.69) is 10.6 Å². The zero-order valence-electron chi connectivity index (χ0n) is 14.4. The van der Waals surface area contributed by atoms with Crippen molar-refractivity contribution in [1.29, 1.82) is 0 Å². The first-order valence-electron chi connectivity index (χ1n) is 8.14. The number of carbonyl (C=O) groups excluding carboxylic acids is 1. The second-order valence-corrected chi connectivity index (χ2v) is 8.30. The molecule has 0 aromatic carbocycles. The Bertz CT molecular complexity index is 508. The second kappa shape index (κ2) is 7.20. The van der Waals surface area contributed by atoms with E-state index in [1.165, 1.54) is 0 Å². The van der Waals surface area contributed by atoms with Gasteiger partial charge in [0.05, 0.1) is 5.60 Å². The number of ether oxygens (including phenoxy) is 1. The van der Waals surface area contributed by atoms with Gasteiger partial charge in [0.2, 0.25) is 0 Å². The lowest BCUT2D eigenvalue weighted by molar-refractivity contribution is 0.0494. The number of thiophene rings is 1. The summed E-state index contributed by atoms with van der Waals surface area (Å²) in [5, 5.41) is 20.8. The topological polar surface area (TPSA) is 70.6 Å². The third-order valence-corrected chi connectivity index (χ3v) is 4.71. The van der Waals surface area contributed by atoms with Crippen molar-refractivity contribution in [1.82, 2.24) is 10.6 Å². The fraction of sp³-hybridized carbons (Fsp3) is 0.706. The maximum absolute atomic E-state index is 11.8. The fourth-order valence-corrected chi connectivity index (χ4v) is 3.57. The van der Waals surface area contributed by atoms with Crippen LogP contribution in [0.4, 0.5) is 4.79 Å². The highest BCUT2D eigenvalue weighted by molar-refractivity contribution is 7.08. The molecule has 0 radical (unpaired) electrons. The standard InChI is InChI=1S/C17H28N2O3S/c1-16(2,3)22-15(20)19-14-6-5-13(9-14)18-11-17(4,21)12-7-8-23-10-12/h7-8,10,13-14,18,21H,5-6,9,11H2,1-4H3,(H,19,20). The highest BCUT2D eigenvalue weighted by atomic mass is 32.1. The van der Waals surface area contributed by atoms with Gasteiger partial charge in [0.15, 0.2) is 0 Å². The van der Waals surface area contributed by atoms with Crippen LogP contribution in [0.3, 0.4) is 0 Å². The molecule has 0 spiro atoms. The van der Waals surface area contributed by atoms with E-state index in [1.54, 1.807) is 11.3 Å². The van der Waals surface area contributed by atoms with Crippen LogP contribution in [0.15, 0.2) is 16.8 Å². The van der Waals surface area contributed by atoms with E-state index in [1.807, 2.05) is 44.5 Å². The smallest absolute Gasteiger partial charge is 0.407 e. The van der Waals surface area contributed by atoms with Crippen LogP contribution in [0, 0.1) is 0 Å². The van der Waals surface area contributed by atoms with E-state index >= 15 is 0 Å². The second-order valence-electron chi connectivity index (χ2n) is 7.52. The Morgan fingerprint density at radius 2 is 2.04 bits per heavy atom. The van der Waals surface area contributed by atoms with Gasteiger partial charge in [-0.1, -0.05) is 0 Å². The van der Waals surface area contributed by atoms with Crippen molar-refractivity contribution in [2.45, 2.75) is 70.2 Å². The molecule has 23 heavy (non-hydrogen) atoms. The lowest BCUT2D eigenvalue weighted by Crippen LogP contribution is -2.41. The number of hydrogen-bond donors (Lipinski definition) is 3. The van der Waals surface area contributed by atoms with Crippen molar-refractivity contribution in [3.63, 3.8) is 0 Å². The third-order valence-electron chi connectivity index (χ3n) is 4.03. The van der Waals surface area contributed by atoms with Crippen LogP contribution in [-0.2, 0) is 10.3 Å². The first kappa shape index (κ1) is 18.2. The van der Waals surface area contributed by atoms with Crippen LogP contribution < -0.4 is 10.6 Å². The molecule has 1 amide bonds. The molecule has 1 fully saturated rings. The maximum atomic E-state index is 11.8. The molecular weight excluding hydrogens is 312 g/mol. The van der Waals surface area contributed by atoms with Crippen LogP contribution >= 0.6 is 11.3 Å². The fourth-order valence-electron chi connectivity index (χ4n) is 2.79. The molecule has 5 nitrogen and oxygen atoms in total. The molecule has 1 aromatic heterocycles. The predicted molar refractivity (Wildman–Crippen MR) is 92.7 cm³/mol. The van der Waals surface area contributed by atoms with Crippen LogP contribution in [0.5, 0.6) is 0 Å². The highest BCUT2D eigenvalue weighted by Gasteiger charge is 2.30. The average molecular weight is 340 g/mol. The van der Waals surface area contributed by atoms with E-state index in [9.17, 15) is 9.90 Å². The van der Waals surface area contributed by atoms with Gasteiger partial charge < -0.3 is 20.5 Å². The zero-order valence-corrected chi connectivity index (χ0v) is 15.2. The number of nitrogens with one attached hydrogen (secondary N) is 2. The molecule has 130 valence electrons. The van der Waals surface area contributed by atoms with Crippen LogP contribution in [0.1, 0.15) is 52.5 Å². The van der Waals surface area contributed by atoms with Gasteiger partial charge in [-0.15, -0.1) is 0 Å². The summed E-state index contributed by atoms with van der Waals surface area (Å²) < 4.78 is 5.29. The van der Waals surface area contributed by atoms with Gasteiger partial charge in [-0.05, 0) is 69.3 Å². The lowest BCUT2D eigenvalue weighted by atomic mass is 9.99. The number of amides is 1. The van der Waals surface area contributed by atoms with Gasteiger partial charge in [-0.25, -0.2) is 4.79 Å². The van der Waals surface area contributed by atoms with E-state index in [-0.39, 0.29) is 12.1 Å². The van der Waals surface area contributed by atoms with Crippen LogP contribution in [-0.4, -0.2) is 35.4 Å². The van der Waals surface area contributed by atoms with Gasteiger partial charge in [0, 0.05) is 18.6 Å². The number of carbonyl (C=O) groups is 1. The van der Waals surface area contributed by atoms with Crippen molar-refractivity contribution >= 4 is 17.4 Å². The predicted octanol–water partition coefficient (Wildman–Crippen LogP) is 2.99. The molecule has 0 bridgehead atoms. The lowest BCUT2D eigenvalue weighted by Gasteiger charge is -2.25. The highest BCUT2D eigenvalue weighted by Crippen LogP contribution is 2.24. The summed E-state index contributed by atoms with van der Waals surface area (Å²) in [6.45, 7) is 7.91. The molecule has 3 unspecified atom stereocenters. The molecule has 0 saturated heterocycles. The Labute approximate surface area is 142 Å². The summed E-state index contributed by atoms with van der Waals surface area (Å²) in [7, 11) is 0. The molecule has 1 heterocycles. The van der Waals surface area contributed by atoms with Gasteiger partial charge in [-0.2, -0.15) is 11.3 Å². The normalized spacial score (nSPS) is 24.2. The zero-order chi connectivity index (χ0) is 17.1. The van der Waals surface area contributed by atoms with Gasteiger partial charge >= 0.3 is 6.09 Å². The quantitative estimate of drug-likeness (QED) is 0.771. The Hall–Kier alpha value is -1.11. The molecule has 6 heteroatoms. The number of rotatable bonds is 5. The summed E-state index contributed by atoms with van der Waals surface area (Å²) in [5.41, 5.74) is -0.396. The Morgan fingerprint density at radius 1 is 1.35 bits per heavy atom. The molecular formula is C17H28N2O3S. The van der Waals surface area contributed by atoms with E-state index < -0.39 is 11.2 Å². The molecule has 1 aliphatic carbocycles. The van der Waals surface area contributed by atoms with Gasteiger partial charge in [0.1, 0.15) is 5.60 Å². The molecule has 1 saturated carbocycles. The summed E-state index contributed by atoms with van der Waals surface area (Å²) in [4.78, 5) is 11.8. The largest absolute Gasteiger partial charge is 0.444 e. The summed E-state index contributed by atoms with van der Waals surface area (Å²) >= 11 is 1.59. The van der Waals surface area contributed by atoms with Crippen molar-refractivity contribution in [3.8, 4) is 0 Å². The van der Waals surface area contributed by atoms with Crippen molar-refractivity contribution in [2.24, 2.45) is 0 Å². The first-order valence-corrected chi connectivity index (χ1v) is 9.08. The first-order chi connectivity index (χ1) is 10.7. The molecule has 0 aliphatic heterocycles. The summed E-state index contributed by atoms with van der Waals surface area (Å²) in [6.07, 6.45) is 2.42. The average Bonchev–Trinajstić information content (AvgIpc) is 3.05. The minimum atomic E-state index is -0.864. The Kier molecular flexibility index (Phi) is 5.70. The molecule has 3 atom stereocenters. The van der Waals surface area contributed by atoms with Crippen LogP contribution in [0.2, 0.25) is 0 Å². The molecule has 3 N–H and O–H groups in total. The number of alkyl carbamates (subject to hydrolysis) is 1. The third kappa shape index (κ3) is 5.79. The van der Waals surface area contributed by atoms with Crippen LogP contribution in [0.25, 0.3) is 0 Å². The van der Waals surface area contributed by atoms with E-state index in [0.717, 1.165) is 24.8 Å².